The van der Waals surface area contributed by atoms with Crippen molar-refractivity contribution in [3.05, 3.63) is 48.2 Å². The number of nitrogens with zero attached hydrogens (tertiary/aromatic N) is 5. The molecule has 1 aliphatic heterocycles. The number of rotatable bonds is 8. The average Bonchev–Trinajstić information content (AvgIpc) is 3.26. The topological polar surface area (TPSA) is 91.1 Å². The maximum absolute atomic E-state index is 14.8. The highest BCUT2D eigenvalue weighted by molar-refractivity contribution is 7.97. The van der Waals surface area contributed by atoms with E-state index in [0.717, 1.165) is 25.9 Å². The largest absolute Gasteiger partial charge is 0.419 e. The highest BCUT2D eigenvalue weighted by atomic mass is 32.2. The number of halogens is 4. The molecule has 3 aromatic rings. The summed E-state index contributed by atoms with van der Waals surface area (Å²) in [7, 11) is 2.08. The molecule has 0 atom stereocenters. The molecule has 0 radical (unpaired) electrons. The van der Waals surface area contributed by atoms with Gasteiger partial charge in [-0.25, -0.2) is 14.4 Å². The Morgan fingerprint density at radius 2 is 1.89 bits per heavy atom. The van der Waals surface area contributed by atoms with E-state index in [-0.39, 0.29) is 23.7 Å². The smallest absolute Gasteiger partial charge is 0.389 e. The van der Waals surface area contributed by atoms with Crippen LogP contribution in [-0.4, -0.2) is 61.5 Å². The first-order chi connectivity index (χ1) is 17.4. The number of hydrogen-bond acceptors (Lipinski definition) is 8. The van der Waals surface area contributed by atoms with Crippen molar-refractivity contribution < 1.29 is 22.7 Å². The number of benzene rings is 1. The molecule has 2 aromatic heterocycles. The van der Waals surface area contributed by atoms with Crippen LogP contribution in [-0.2, 0) is 12.7 Å². The van der Waals surface area contributed by atoms with E-state index < -0.39 is 28.9 Å². The number of anilines is 2. The van der Waals surface area contributed by atoms with Crippen LogP contribution < -0.4 is 10.0 Å². The van der Waals surface area contributed by atoms with Crippen molar-refractivity contribution in [3.63, 3.8) is 0 Å². The van der Waals surface area contributed by atoms with E-state index in [1.807, 2.05) is 0 Å². The van der Waals surface area contributed by atoms with Gasteiger partial charge in [0.05, 0.1) is 29.7 Å². The van der Waals surface area contributed by atoms with Crippen LogP contribution in [0.1, 0.15) is 32.3 Å². The second-order valence-electron chi connectivity index (χ2n) is 9.76. The molecule has 200 valence electrons. The fourth-order valence-corrected chi connectivity index (χ4v) is 4.73. The Hall–Kier alpha value is -2.74. The summed E-state index contributed by atoms with van der Waals surface area (Å²) in [5, 5.41) is 16.7. The monoisotopic (exact) mass is 539 g/mol. The van der Waals surface area contributed by atoms with E-state index in [1.54, 1.807) is 19.9 Å². The Kier molecular flexibility index (Phi) is 8.07. The molecule has 0 amide bonds. The van der Waals surface area contributed by atoms with Crippen molar-refractivity contribution in [1.29, 1.82) is 0 Å². The van der Waals surface area contributed by atoms with E-state index in [4.69, 9.17) is 0 Å². The minimum absolute atomic E-state index is 0.0343. The van der Waals surface area contributed by atoms with Gasteiger partial charge in [-0.2, -0.15) is 18.3 Å². The maximum Gasteiger partial charge on any atom is 0.419 e. The predicted molar refractivity (Wildman–Crippen MR) is 134 cm³/mol. The molecule has 0 spiro atoms. The van der Waals surface area contributed by atoms with Gasteiger partial charge in [0.1, 0.15) is 11.4 Å². The van der Waals surface area contributed by atoms with E-state index in [9.17, 15) is 22.7 Å². The van der Waals surface area contributed by atoms with Gasteiger partial charge in [-0.05, 0) is 77.0 Å². The summed E-state index contributed by atoms with van der Waals surface area (Å²) < 4.78 is 60.5. The van der Waals surface area contributed by atoms with Crippen molar-refractivity contribution >= 4 is 23.6 Å². The zero-order chi connectivity index (χ0) is 26.8. The van der Waals surface area contributed by atoms with Crippen LogP contribution in [0, 0.1) is 5.82 Å². The summed E-state index contributed by atoms with van der Waals surface area (Å²) in [4.78, 5) is 10.7. The van der Waals surface area contributed by atoms with Crippen LogP contribution in [0.2, 0.25) is 0 Å². The van der Waals surface area contributed by atoms with Crippen molar-refractivity contribution in [3.8, 4) is 11.3 Å². The van der Waals surface area contributed by atoms with Crippen LogP contribution in [0.15, 0.2) is 41.7 Å². The van der Waals surface area contributed by atoms with E-state index >= 15 is 0 Å². The lowest BCUT2D eigenvalue weighted by Crippen LogP contribution is -2.38. The lowest BCUT2D eigenvalue weighted by molar-refractivity contribution is -0.137. The predicted octanol–water partition coefficient (Wildman–Crippen LogP) is 4.70. The zero-order valence-corrected chi connectivity index (χ0v) is 21.5. The van der Waals surface area contributed by atoms with Gasteiger partial charge in [0.2, 0.25) is 5.95 Å². The lowest BCUT2D eigenvalue weighted by Gasteiger charge is -2.29. The Bertz CT molecular complexity index is 1220. The normalized spacial score (nSPS) is 15.8. The van der Waals surface area contributed by atoms with Crippen LogP contribution in [0.25, 0.3) is 11.3 Å². The summed E-state index contributed by atoms with van der Waals surface area (Å²) >= 11 is 1.35. The molecule has 0 unspecified atom stereocenters. The van der Waals surface area contributed by atoms with E-state index in [1.165, 1.54) is 41.2 Å². The molecule has 3 heterocycles. The minimum Gasteiger partial charge on any atom is -0.389 e. The number of hydrogen-bond donors (Lipinski definition) is 3. The summed E-state index contributed by atoms with van der Waals surface area (Å²) in [5.41, 5.74) is -2.43. The molecule has 0 saturated carbocycles. The number of piperidine rings is 1. The molecular formula is C24H29F4N7OS. The number of nitrogens with one attached hydrogen (secondary N) is 2. The molecule has 37 heavy (non-hydrogen) atoms. The number of alkyl halides is 3. The number of aliphatic hydroxyl groups is 1. The van der Waals surface area contributed by atoms with Gasteiger partial charge in [0, 0.05) is 28.9 Å². The van der Waals surface area contributed by atoms with Gasteiger partial charge in [-0.1, -0.05) is 0 Å². The zero-order valence-electron chi connectivity index (χ0n) is 20.7. The van der Waals surface area contributed by atoms with Crippen LogP contribution in [0.3, 0.4) is 0 Å². The molecule has 1 aromatic carbocycles. The van der Waals surface area contributed by atoms with Crippen molar-refractivity contribution in [1.82, 2.24) is 29.4 Å². The Balaban J connectivity index is 1.51. The van der Waals surface area contributed by atoms with E-state index in [2.05, 4.69) is 37.1 Å². The number of likely N-dealkylation sites (tertiary alicyclic amines) is 1. The second kappa shape index (κ2) is 10.9. The molecule has 13 heteroatoms. The van der Waals surface area contributed by atoms with Crippen LogP contribution in [0.4, 0.5) is 29.2 Å². The first-order valence-electron chi connectivity index (χ1n) is 11.7. The quantitative estimate of drug-likeness (QED) is 0.280. The first-order valence-corrected chi connectivity index (χ1v) is 12.6. The maximum atomic E-state index is 14.8. The standard InChI is InChI=1S/C24H29F4N7OS/c1-23(2,36)14-35-13-15(11-30-35)21-18(24(26,27)28)12-29-22(32-21)31-20-5-4-17(10-19(20)25)37-33-16-6-8-34(3)9-7-16/h4-5,10-13,16,33,36H,6-9,14H2,1-3H3,(H,29,31,32). The van der Waals surface area contributed by atoms with Gasteiger partial charge in [0.25, 0.3) is 0 Å². The lowest BCUT2D eigenvalue weighted by atomic mass is 10.1. The minimum atomic E-state index is -4.71. The molecule has 1 fully saturated rings. The van der Waals surface area contributed by atoms with Crippen molar-refractivity contribution in [2.24, 2.45) is 0 Å². The molecule has 0 bridgehead atoms. The summed E-state index contributed by atoms with van der Waals surface area (Å²) in [6.45, 7) is 5.21. The van der Waals surface area contributed by atoms with Gasteiger partial charge >= 0.3 is 6.18 Å². The van der Waals surface area contributed by atoms with Gasteiger partial charge < -0.3 is 15.3 Å². The van der Waals surface area contributed by atoms with Crippen LogP contribution >= 0.6 is 11.9 Å². The fourth-order valence-electron chi connectivity index (χ4n) is 3.90. The highest BCUT2D eigenvalue weighted by Crippen LogP contribution is 2.36. The van der Waals surface area contributed by atoms with Crippen LogP contribution in [0.5, 0.6) is 0 Å². The highest BCUT2D eigenvalue weighted by Gasteiger charge is 2.36. The molecule has 4 rings (SSSR count). The van der Waals surface area contributed by atoms with Gasteiger partial charge in [-0.3, -0.25) is 9.40 Å². The summed E-state index contributed by atoms with van der Waals surface area (Å²) in [6.07, 6.45) is 0.564. The molecular weight excluding hydrogens is 510 g/mol. The summed E-state index contributed by atoms with van der Waals surface area (Å²) in [6, 6.07) is 4.90. The number of aromatic nitrogens is 4. The van der Waals surface area contributed by atoms with Crippen molar-refractivity contribution in [2.75, 3.05) is 25.5 Å². The first kappa shape index (κ1) is 27.3. The molecule has 8 nitrogen and oxygen atoms in total. The fraction of sp³-hybridized carbons (Fsp3) is 0.458. The molecule has 3 N–H and O–H groups in total. The third-order valence-electron chi connectivity index (χ3n) is 5.80. The Labute approximate surface area is 216 Å². The molecule has 1 saturated heterocycles. The van der Waals surface area contributed by atoms with Gasteiger partial charge in [-0.15, -0.1) is 0 Å². The molecule has 0 aliphatic carbocycles. The SMILES string of the molecule is CN1CCC(NSc2ccc(Nc3ncc(C(F)(F)F)c(-c4cnn(CC(C)(C)O)c4)n3)c(F)c2)CC1. The van der Waals surface area contributed by atoms with Gasteiger partial charge in [0.15, 0.2) is 0 Å². The third-order valence-corrected chi connectivity index (χ3v) is 6.74. The van der Waals surface area contributed by atoms with E-state index in [0.29, 0.717) is 17.1 Å². The Morgan fingerprint density at radius 3 is 2.54 bits per heavy atom. The second-order valence-corrected chi connectivity index (χ2v) is 10.7. The molecule has 1 aliphatic rings. The third kappa shape index (κ3) is 7.40. The Morgan fingerprint density at radius 1 is 1.16 bits per heavy atom. The average molecular weight is 540 g/mol. The summed E-state index contributed by atoms with van der Waals surface area (Å²) in [5.74, 6) is -0.778. The van der Waals surface area contributed by atoms with Crippen molar-refractivity contribution in [2.45, 2.75) is 55.9 Å².